The monoisotopic (exact) mass is 618 g/mol. The van der Waals surface area contributed by atoms with Gasteiger partial charge in [-0.15, -0.1) is 20.4 Å². The maximum atomic E-state index is 5.97. The Balaban J connectivity index is 1.28. The molecule has 0 unspecified atom stereocenters. The molecule has 4 aromatic rings. The molecule has 0 aliphatic carbocycles. The zero-order valence-corrected chi connectivity index (χ0v) is 26.9. The van der Waals surface area contributed by atoms with Gasteiger partial charge >= 0.3 is 0 Å². The Morgan fingerprint density at radius 3 is 1.27 bits per heavy atom. The van der Waals surface area contributed by atoms with Gasteiger partial charge in [0.15, 0.2) is 46.3 Å². The van der Waals surface area contributed by atoms with Gasteiger partial charge in [0.25, 0.3) is 0 Å². The molecule has 2 aromatic carbocycles. The van der Waals surface area contributed by atoms with E-state index in [0.717, 1.165) is 60.1 Å². The highest BCUT2D eigenvalue weighted by Gasteiger charge is 2.11. The Morgan fingerprint density at radius 1 is 0.556 bits per heavy atom. The van der Waals surface area contributed by atoms with E-state index in [-0.39, 0.29) is 0 Å². The third-order valence-corrected chi connectivity index (χ3v) is 6.79. The summed E-state index contributed by atoms with van der Waals surface area (Å²) in [5.41, 5.74) is 1.72. The van der Waals surface area contributed by atoms with Crippen molar-refractivity contribution in [1.29, 1.82) is 0 Å². The molecule has 0 atom stereocenters. The summed E-state index contributed by atoms with van der Waals surface area (Å²) in [7, 11) is 3.22. The van der Waals surface area contributed by atoms with E-state index >= 15 is 0 Å². The number of ether oxygens (including phenoxy) is 5. The Labute approximate surface area is 263 Å². The molecule has 0 saturated heterocycles. The highest BCUT2D eigenvalue weighted by atomic mass is 16.6. The van der Waals surface area contributed by atoms with Crippen molar-refractivity contribution >= 4 is 12.4 Å². The van der Waals surface area contributed by atoms with Gasteiger partial charge in [-0.1, -0.05) is 27.7 Å². The van der Waals surface area contributed by atoms with Crippen molar-refractivity contribution in [1.82, 2.24) is 29.7 Å². The van der Waals surface area contributed by atoms with Gasteiger partial charge in [-0.05, 0) is 47.5 Å². The first-order valence-electron chi connectivity index (χ1n) is 15.2. The van der Waals surface area contributed by atoms with Crippen molar-refractivity contribution in [2.45, 2.75) is 53.4 Å². The predicted octanol–water partition coefficient (Wildman–Crippen LogP) is 4.38. The van der Waals surface area contributed by atoms with Crippen molar-refractivity contribution in [2.75, 3.05) is 40.6 Å². The van der Waals surface area contributed by atoms with Crippen LogP contribution in [0.15, 0.2) is 46.6 Å². The SMILES string of the molecule is CCc1nnc(CC)n1/N=C/c1ccc(OC)c(OCCOCCOc2cc(/C=N/n3c(CC)nnc3CC)ccc2OC)c1. The van der Waals surface area contributed by atoms with E-state index < -0.39 is 0 Å². The number of benzene rings is 2. The lowest BCUT2D eigenvalue weighted by atomic mass is 10.2. The number of hydrogen-bond acceptors (Lipinski definition) is 11. The van der Waals surface area contributed by atoms with E-state index in [1.807, 2.05) is 64.1 Å². The van der Waals surface area contributed by atoms with Crippen LogP contribution in [0.25, 0.3) is 0 Å². The lowest BCUT2D eigenvalue weighted by Crippen LogP contribution is -2.13. The minimum Gasteiger partial charge on any atom is -0.493 e. The van der Waals surface area contributed by atoms with Crippen LogP contribution in [0.2, 0.25) is 0 Å². The molecular weight excluding hydrogens is 576 g/mol. The predicted molar refractivity (Wildman–Crippen MR) is 171 cm³/mol. The maximum absolute atomic E-state index is 5.97. The van der Waals surface area contributed by atoms with E-state index in [1.165, 1.54) is 0 Å². The highest BCUT2D eigenvalue weighted by molar-refractivity contribution is 5.81. The first kappa shape index (κ1) is 33.1. The molecular formula is C32H42N8O5. The summed E-state index contributed by atoms with van der Waals surface area (Å²) in [6.45, 7) is 9.51. The molecule has 0 N–H and O–H groups in total. The van der Waals surface area contributed by atoms with Gasteiger partial charge in [0.2, 0.25) is 0 Å². The number of hydrogen-bond donors (Lipinski definition) is 0. The quantitative estimate of drug-likeness (QED) is 0.118. The molecule has 2 aromatic heterocycles. The Kier molecular flexibility index (Phi) is 12.4. The fraction of sp³-hybridized carbons (Fsp3) is 0.438. The molecule has 0 spiro atoms. The van der Waals surface area contributed by atoms with Gasteiger partial charge in [-0.25, -0.2) is 9.35 Å². The summed E-state index contributed by atoms with van der Waals surface area (Å²) in [6, 6.07) is 11.3. The number of aryl methyl sites for hydroxylation is 4. The Bertz CT molecular complexity index is 1420. The summed E-state index contributed by atoms with van der Waals surface area (Å²) in [6.07, 6.45) is 6.49. The molecule has 2 heterocycles. The first-order valence-corrected chi connectivity index (χ1v) is 15.2. The summed E-state index contributed by atoms with van der Waals surface area (Å²) in [5.74, 6) is 5.70. The molecule has 240 valence electrons. The van der Waals surface area contributed by atoms with Crippen LogP contribution in [0.4, 0.5) is 0 Å². The molecule has 0 aliphatic rings. The van der Waals surface area contributed by atoms with Gasteiger partial charge in [0.1, 0.15) is 13.2 Å². The van der Waals surface area contributed by atoms with Crippen LogP contribution in [0.5, 0.6) is 23.0 Å². The minimum absolute atomic E-state index is 0.334. The van der Waals surface area contributed by atoms with Crippen molar-refractivity contribution in [2.24, 2.45) is 10.2 Å². The first-order chi connectivity index (χ1) is 22.0. The number of aromatic nitrogens is 6. The van der Waals surface area contributed by atoms with Crippen LogP contribution in [0.1, 0.15) is 62.1 Å². The van der Waals surface area contributed by atoms with E-state index in [4.69, 9.17) is 23.7 Å². The van der Waals surface area contributed by atoms with Crippen LogP contribution in [-0.4, -0.2) is 82.8 Å². The number of nitrogens with zero attached hydrogens (tertiary/aromatic N) is 8. The molecule has 0 radical (unpaired) electrons. The van der Waals surface area contributed by atoms with Crippen molar-refractivity contribution in [3.05, 3.63) is 70.8 Å². The topological polar surface area (TPSA) is 132 Å². The zero-order valence-electron chi connectivity index (χ0n) is 26.9. The fourth-order valence-corrected chi connectivity index (χ4v) is 4.39. The van der Waals surface area contributed by atoms with Crippen molar-refractivity contribution in [3.8, 4) is 23.0 Å². The van der Waals surface area contributed by atoms with Crippen LogP contribution in [-0.2, 0) is 30.4 Å². The van der Waals surface area contributed by atoms with Crippen LogP contribution < -0.4 is 18.9 Å². The molecule has 0 fully saturated rings. The molecule has 0 aliphatic heterocycles. The molecule has 0 amide bonds. The summed E-state index contributed by atoms with van der Waals surface area (Å²) in [5, 5.41) is 26.0. The second kappa shape index (κ2) is 16.9. The van der Waals surface area contributed by atoms with Crippen LogP contribution in [0.3, 0.4) is 0 Å². The Hall–Kier alpha value is -4.78. The van der Waals surface area contributed by atoms with E-state index in [0.29, 0.717) is 49.4 Å². The molecule has 13 heteroatoms. The fourth-order valence-electron chi connectivity index (χ4n) is 4.39. The third-order valence-electron chi connectivity index (χ3n) is 6.79. The molecule has 0 saturated carbocycles. The largest absolute Gasteiger partial charge is 0.493 e. The van der Waals surface area contributed by atoms with Gasteiger partial charge in [-0.2, -0.15) is 10.2 Å². The van der Waals surface area contributed by atoms with Gasteiger partial charge in [0, 0.05) is 25.7 Å². The molecule has 13 nitrogen and oxygen atoms in total. The van der Waals surface area contributed by atoms with Gasteiger partial charge in [0.05, 0.1) is 39.9 Å². The summed E-state index contributed by atoms with van der Waals surface area (Å²) in [4.78, 5) is 0. The maximum Gasteiger partial charge on any atom is 0.161 e. The minimum atomic E-state index is 0.334. The average molecular weight is 619 g/mol. The smallest absolute Gasteiger partial charge is 0.161 e. The molecule has 0 bridgehead atoms. The van der Waals surface area contributed by atoms with Crippen LogP contribution >= 0.6 is 0 Å². The van der Waals surface area contributed by atoms with Gasteiger partial charge in [-0.3, -0.25) is 0 Å². The standard InChI is InChI=1S/C32H42N8O5/c1-7-29-35-36-30(8-2)39(29)33-21-23-11-13-25(41-5)27(19-23)44-17-15-43-16-18-45-28-20-24(12-14-26(28)42-6)22-34-40-31(9-3)37-38-32(40)10-4/h11-14,19-22H,7-10,15-18H2,1-6H3/b33-21+,34-22+. The molecule has 4 rings (SSSR count). The average Bonchev–Trinajstić information content (AvgIpc) is 3.68. The lowest BCUT2D eigenvalue weighted by Gasteiger charge is -2.13. The van der Waals surface area contributed by atoms with Crippen LogP contribution in [0, 0.1) is 0 Å². The van der Waals surface area contributed by atoms with E-state index in [9.17, 15) is 0 Å². The number of rotatable bonds is 18. The number of methoxy groups -OCH3 is 2. The van der Waals surface area contributed by atoms with Crippen molar-refractivity contribution < 1.29 is 23.7 Å². The third kappa shape index (κ3) is 8.66. The van der Waals surface area contributed by atoms with E-state index in [2.05, 4.69) is 30.6 Å². The second-order valence-electron chi connectivity index (χ2n) is 9.72. The molecule has 45 heavy (non-hydrogen) atoms. The van der Waals surface area contributed by atoms with E-state index in [1.54, 1.807) is 36.0 Å². The van der Waals surface area contributed by atoms with Gasteiger partial charge < -0.3 is 23.7 Å². The normalized spacial score (nSPS) is 11.5. The highest BCUT2D eigenvalue weighted by Crippen LogP contribution is 2.28. The second-order valence-corrected chi connectivity index (χ2v) is 9.72. The van der Waals surface area contributed by atoms with Crippen molar-refractivity contribution in [3.63, 3.8) is 0 Å². The Morgan fingerprint density at radius 2 is 0.933 bits per heavy atom. The zero-order chi connectivity index (χ0) is 32.0. The summed E-state index contributed by atoms with van der Waals surface area (Å²) < 4.78 is 32.2. The lowest BCUT2D eigenvalue weighted by molar-refractivity contribution is 0.0750. The summed E-state index contributed by atoms with van der Waals surface area (Å²) >= 11 is 0.